The molecule has 0 aliphatic heterocycles. The van der Waals surface area contributed by atoms with E-state index in [4.69, 9.17) is 4.74 Å². The molecule has 0 unspecified atom stereocenters. The van der Waals surface area contributed by atoms with Crippen molar-refractivity contribution < 1.29 is 9.53 Å². The Kier molecular flexibility index (Phi) is 4.04. The van der Waals surface area contributed by atoms with Crippen LogP contribution in [0.5, 0.6) is 0 Å². The maximum Gasteiger partial charge on any atom is 0.410 e. The molecule has 0 aromatic rings. The van der Waals surface area contributed by atoms with Crippen molar-refractivity contribution in [3.05, 3.63) is 0 Å². The van der Waals surface area contributed by atoms with Gasteiger partial charge in [-0.3, -0.25) is 0 Å². The number of carbonyl (C=O) groups is 1. The summed E-state index contributed by atoms with van der Waals surface area (Å²) in [5, 5.41) is 1.03. The summed E-state index contributed by atoms with van der Waals surface area (Å²) in [6, 6.07) is 0.363. The third kappa shape index (κ3) is 3.67. The van der Waals surface area contributed by atoms with Crippen LogP contribution in [0.4, 0.5) is 4.79 Å². The van der Waals surface area contributed by atoms with Crippen molar-refractivity contribution in [1.29, 1.82) is 0 Å². The van der Waals surface area contributed by atoms with Gasteiger partial charge >= 0.3 is 6.09 Å². The normalized spacial score (nSPS) is 25.7. The Hall–Kier alpha value is -0.250. The highest BCUT2D eigenvalue weighted by Gasteiger charge is 2.34. The van der Waals surface area contributed by atoms with Crippen LogP contribution in [-0.2, 0) is 4.74 Å². The van der Waals surface area contributed by atoms with Crippen LogP contribution in [0.1, 0.15) is 33.6 Å². The van der Waals surface area contributed by atoms with Gasteiger partial charge in [0.15, 0.2) is 0 Å². The zero-order valence-electron chi connectivity index (χ0n) is 9.92. The second-order valence-corrected chi connectivity index (χ2v) is 5.88. The Morgan fingerprint density at radius 2 is 2.00 bits per heavy atom. The highest BCUT2D eigenvalue weighted by atomic mass is 79.9. The zero-order chi connectivity index (χ0) is 11.6. The number of halogens is 1. The predicted molar refractivity (Wildman–Crippen MR) is 64.3 cm³/mol. The Balaban J connectivity index is 2.35. The third-order valence-corrected chi connectivity index (χ3v) is 3.57. The highest BCUT2D eigenvalue weighted by molar-refractivity contribution is 9.09. The van der Waals surface area contributed by atoms with Crippen LogP contribution in [-0.4, -0.2) is 35.0 Å². The van der Waals surface area contributed by atoms with Gasteiger partial charge in [-0.2, -0.15) is 0 Å². The van der Waals surface area contributed by atoms with Crippen molar-refractivity contribution >= 4 is 22.0 Å². The van der Waals surface area contributed by atoms with E-state index in [9.17, 15) is 4.79 Å². The lowest BCUT2D eigenvalue weighted by molar-refractivity contribution is 0.00857. The first-order valence-corrected chi connectivity index (χ1v) is 6.47. The van der Waals surface area contributed by atoms with Gasteiger partial charge in [-0.15, -0.1) is 0 Å². The topological polar surface area (TPSA) is 29.5 Å². The quantitative estimate of drug-likeness (QED) is 0.727. The van der Waals surface area contributed by atoms with Gasteiger partial charge in [0.05, 0.1) is 0 Å². The van der Waals surface area contributed by atoms with E-state index in [1.54, 1.807) is 4.90 Å². The van der Waals surface area contributed by atoms with Crippen LogP contribution in [0, 0.1) is 5.92 Å². The van der Waals surface area contributed by atoms with Crippen LogP contribution in [0.2, 0.25) is 0 Å². The molecular weight excluding hydrogens is 258 g/mol. The van der Waals surface area contributed by atoms with Gasteiger partial charge in [0.2, 0.25) is 0 Å². The molecule has 1 rings (SSSR count). The molecule has 0 atom stereocenters. The summed E-state index contributed by atoms with van der Waals surface area (Å²) in [5.74, 6) is 0.722. The lowest BCUT2D eigenvalue weighted by atomic mass is 9.81. The third-order valence-electron chi connectivity index (χ3n) is 2.66. The highest BCUT2D eigenvalue weighted by Crippen LogP contribution is 2.32. The first kappa shape index (κ1) is 12.8. The molecule has 0 saturated heterocycles. The van der Waals surface area contributed by atoms with Crippen LogP contribution < -0.4 is 0 Å². The average Bonchev–Trinajstić information content (AvgIpc) is 1.98. The van der Waals surface area contributed by atoms with Crippen molar-refractivity contribution in [2.45, 2.75) is 45.3 Å². The molecule has 0 spiro atoms. The molecule has 4 heteroatoms. The van der Waals surface area contributed by atoms with Gasteiger partial charge in [0.25, 0.3) is 0 Å². The molecule has 1 fully saturated rings. The van der Waals surface area contributed by atoms with Crippen molar-refractivity contribution in [2.24, 2.45) is 5.92 Å². The molecule has 1 aliphatic rings. The molecule has 88 valence electrons. The van der Waals surface area contributed by atoms with Gasteiger partial charge in [0.1, 0.15) is 5.60 Å². The fraction of sp³-hybridized carbons (Fsp3) is 0.909. The van der Waals surface area contributed by atoms with Crippen molar-refractivity contribution in [3.8, 4) is 0 Å². The van der Waals surface area contributed by atoms with E-state index in [1.807, 2.05) is 27.8 Å². The molecule has 1 saturated carbocycles. The number of ether oxygens (including phenoxy) is 1. The molecule has 15 heavy (non-hydrogen) atoms. The summed E-state index contributed by atoms with van der Waals surface area (Å²) in [7, 11) is 1.82. The molecule has 0 bridgehead atoms. The molecule has 0 heterocycles. The van der Waals surface area contributed by atoms with E-state index < -0.39 is 5.60 Å². The number of alkyl halides is 1. The van der Waals surface area contributed by atoms with Crippen LogP contribution in [0.25, 0.3) is 0 Å². The average molecular weight is 278 g/mol. The number of nitrogens with zero attached hydrogens (tertiary/aromatic N) is 1. The van der Waals surface area contributed by atoms with Crippen LogP contribution >= 0.6 is 15.9 Å². The van der Waals surface area contributed by atoms with E-state index in [0.29, 0.717) is 6.04 Å². The summed E-state index contributed by atoms with van der Waals surface area (Å²) >= 11 is 3.45. The fourth-order valence-electron chi connectivity index (χ4n) is 1.63. The standard InChI is InChI=1S/C11H20BrNO2/c1-11(2,3)15-10(14)13(4)9-5-8(6-9)7-12/h8-9H,5-7H2,1-4H3. The summed E-state index contributed by atoms with van der Waals surface area (Å²) in [5.41, 5.74) is -0.399. The Morgan fingerprint density at radius 1 is 1.47 bits per heavy atom. The second-order valence-electron chi connectivity index (χ2n) is 5.24. The van der Waals surface area contributed by atoms with Gasteiger partial charge in [-0.05, 0) is 39.5 Å². The van der Waals surface area contributed by atoms with E-state index >= 15 is 0 Å². The molecular formula is C11H20BrNO2. The number of amides is 1. The first-order valence-electron chi connectivity index (χ1n) is 5.35. The monoisotopic (exact) mass is 277 g/mol. The van der Waals surface area contributed by atoms with Gasteiger partial charge in [-0.1, -0.05) is 15.9 Å². The molecule has 0 aromatic carbocycles. The first-order chi connectivity index (χ1) is 6.83. The maximum atomic E-state index is 11.7. The Labute approximate surface area is 100 Å². The number of rotatable bonds is 2. The zero-order valence-corrected chi connectivity index (χ0v) is 11.5. The van der Waals surface area contributed by atoms with Crippen LogP contribution in [0.3, 0.4) is 0 Å². The van der Waals surface area contributed by atoms with Crippen molar-refractivity contribution in [1.82, 2.24) is 4.90 Å². The summed E-state index contributed by atoms with van der Waals surface area (Å²) in [4.78, 5) is 13.4. The fourth-order valence-corrected chi connectivity index (χ4v) is 2.15. The Bertz CT molecular complexity index is 231. The molecule has 3 nitrogen and oxygen atoms in total. The largest absolute Gasteiger partial charge is 0.444 e. The smallest absolute Gasteiger partial charge is 0.410 e. The van der Waals surface area contributed by atoms with Crippen LogP contribution in [0.15, 0.2) is 0 Å². The van der Waals surface area contributed by atoms with Gasteiger partial charge in [0, 0.05) is 18.4 Å². The minimum atomic E-state index is -0.399. The molecule has 0 radical (unpaired) electrons. The van der Waals surface area contributed by atoms with E-state index in [2.05, 4.69) is 15.9 Å². The van der Waals surface area contributed by atoms with Gasteiger partial charge < -0.3 is 9.64 Å². The van der Waals surface area contributed by atoms with Gasteiger partial charge in [-0.25, -0.2) is 4.79 Å². The molecule has 1 aliphatic carbocycles. The predicted octanol–water partition coefficient (Wildman–Crippen LogP) is 3.03. The maximum absolute atomic E-state index is 11.7. The number of hydrogen-bond donors (Lipinski definition) is 0. The lowest BCUT2D eigenvalue weighted by Crippen LogP contribution is -2.47. The molecule has 1 amide bonds. The lowest BCUT2D eigenvalue weighted by Gasteiger charge is -2.40. The van der Waals surface area contributed by atoms with E-state index in [0.717, 1.165) is 24.1 Å². The van der Waals surface area contributed by atoms with Crippen molar-refractivity contribution in [3.63, 3.8) is 0 Å². The summed E-state index contributed by atoms with van der Waals surface area (Å²) in [6.07, 6.45) is 1.96. The Morgan fingerprint density at radius 3 is 2.40 bits per heavy atom. The second kappa shape index (κ2) is 4.73. The number of carbonyl (C=O) groups excluding carboxylic acids is 1. The minimum Gasteiger partial charge on any atom is -0.444 e. The van der Waals surface area contributed by atoms with Crippen molar-refractivity contribution in [2.75, 3.05) is 12.4 Å². The molecule has 0 aromatic heterocycles. The van der Waals surface area contributed by atoms with E-state index in [-0.39, 0.29) is 6.09 Å². The molecule has 0 N–H and O–H groups in total. The SMILES string of the molecule is CN(C(=O)OC(C)(C)C)C1CC(CBr)C1. The summed E-state index contributed by atoms with van der Waals surface area (Å²) in [6.45, 7) is 5.67. The minimum absolute atomic E-state index is 0.208. The van der Waals surface area contributed by atoms with E-state index in [1.165, 1.54) is 0 Å². The summed E-state index contributed by atoms with van der Waals surface area (Å²) < 4.78 is 5.30. The number of hydrogen-bond acceptors (Lipinski definition) is 2.